The number of carbonyl (C=O) groups excluding carboxylic acids is 1. The summed E-state index contributed by atoms with van der Waals surface area (Å²) in [6.45, 7) is 2.79. The number of carboxylic acids is 1. The normalized spacial score (nSPS) is 18.0. The van der Waals surface area contributed by atoms with Gasteiger partial charge in [0, 0.05) is 36.1 Å². The Labute approximate surface area is 141 Å². The largest absolute Gasteiger partial charge is 0.481 e. The van der Waals surface area contributed by atoms with Gasteiger partial charge in [-0.25, -0.2) is 0 Å². The number of piperidine rings is 1. The predicted molar refractivity (Wildman–Crippen MR) is 93.0 cm³/mol. The number of aromatic nitrogens is 1. The highest BCUT2D eigenvalue weighted by Crippen LogP contribution is 2.25. The summed E-state index contributed by atoms with van der Waals surface area (Å²) >= 11 is 0. The molecule has 128 valence electrons. The third-order valence-corrected chi connectivity index (χ3v) is 4.99. The van der Waals surface area contributed by atoms with Crippen molar-refractivity contribution in [1.82, 2.24) is 9.88 Å². The number of nitrogens with zero attached hydrogens (tertiary/aromatic N) is 1. The molecule has 5 nitrogen and oxygen atoms in total. The van der Waals surface area contributed by atoms with Crippen molar-refractivity contribution in [2.24, 2.45) is 0 Å². The van der Waals surface area contributed by atoms with Crippen LogP contribution in [0, 0.1) is 6.92 Å². The van der Waals surface area contributed by atoms with Gasteiger partial charge in [0.15, 0.2) is 0 Å². The van der Waals surface area contributed by atoms with Gasteiger partial charge in [0.25, 0.3) is 0 Å². The number of aromatic amines is 1. The minimum Gasteiger partial charge on any atom is -0.481 e. The number of aryl methyl sites for hydroxylation is 1. The maximum Gasteiger partial charge on any atom is 0.303 e. The zero-order chi connectivity index (χ0) is 17.1. The van der Waals surface area contributed by atoms with E-state index < -0.39 is 5.97 Å². The van der Waals surface area contributed by atoms with Gasteiger partial charge in [-0.3, -0.25) is 9.59 Å². The molecule has 0 radical (unpaired) electrons. The summed E-state index contributed by atoms with van der Waals surface area (Å²) in [6.07, 6.45) is 5.95. The minimum absolute atomic E-state index is 0.0642. The fourth-order valence-electron chi connectivity index (χ4n) is 3.69. The van der Waals surface area contributed by atoms with Gasteiger partial charge in [0.05, 0.1) is 6.42 Å². The van der Waals surface area contributed by atoms with Gasteiger partial charge < -0.3 is 15.0 Å². The SMILES string of the molecule is Cc1cccc2c(CC(=O)N3CCCC[C@@H]3CCC(=O)O)c[nH]c12. The third-order valence-electron chi connectivity index (χ3n) is 4.99. The zero-order valence-corrected chi connectivity index (χ0v) is 14.0. The lowest BCUT2D eigenvalue weighted by Crippen LogP contribution is -2.44. The summed E-state index contributed by atoms with van der Waals surface area (Å²) in [5.41, 5.74) is 3.27. The second-order valence-corrected chi connectivity index (χ2v) is 6.66. The summed E-state index contributed by atoms with van der Waals surface area (Å²) in [4.78, 5) is 28.8. The molecular formula is C19H24N2O3. The van der Waals surface area contributed by atoms with E-state index in [2.05, 4.69) is 18.0 Å². The van der Waals surface area contributed by atoms with Gasteiger partial charge in [0.1, 0.15) is 0 Å². The predicted octanol–water partition coefficient (Wildman–Crippen LogP) is 3.26. The molecule has 2 aromatic rings. The Bertz CT molecular complexity index is 750. The first-order valence-electron chi connectivity index (χ1n) is 8.63. The van der Waals surface area contributed by atoms with Crippen LogP contribution in [0.25, 0.3) is 10.9 Å². The summed E-state index contributed by atoms with van der Waals surface area (Å²) in [5, 5.41) is 10.0. The first kappa shape index (κ1) is 16.6. The van der Waals surface area contributed by atoms with Crippen molar-refractivity contribution in [1.29, 1.82) is 0 Å². The maximum absolute atomic E-state index is 12.8. The quantitative estimate of drug-likeness (QED) is 0.885. The molecule has 0 unspecified atom stereocenters. The van der Waals surface area contributed by atoms with Crippen LogP contribution < -0.4 is 0 Å². The Kier molecular flexibility index (Phi) is 4.88. The number of H-pyrrole nitrogens is 1. The number of nitrogens with one attached hydrogen (secondary N) is 1. The molecule has 1 aromatic carbocycles. The van der Waals surface area contributed by atoms with Crippen LogP contribution >= 0.6 is 0 Å². The zero-order valence-electron chi connectivity index (χ0n) is 14.0. The molecule has 2 heterocycles. The van der Waals surface area contributed by atoms with E-state index in [0.717, 1.165) is 42.3 Å². The van der Waals surface area contributed by atoms with E-state index >= 15 is 0 Å². The Morgan fingerprint density at radius 2 is 2.17 bits per heavy atom. The van der Waals surface area contributed by atoms with E-state index in [1.807, 2.05) is 23.2 Å². The van der Waals surface area contributed by atoms with Crippen LogP contribution in [0.3, 0.4) is 0 Å². The number of likely N-dealkylation sites (tertiary alicyclic amines) is 1. The highest BCUT2D eigenvalue weighted by Gasteiger charge is 2.27. The van der Waals surface area contributed by atoms with Gasteiger partial charge in [-0.1, -0.05) is 18.2 Å². The van der Waals surface area contributed by atoms with Crippen LogP contribution in [-0.2, 0) is 16.0 Å². The third kappa shape index (κ3) is 3.45. The minimum atomic E-state index is -0.792. The van der Waals surface area contributed by atoms with Crippen molar-refractivity contribution in [3.63, 3.8) is 0 Å². The number of carboxylic acid groups (broad SMARTS) is 1. The van der Waals surface area contributed by atoms with Gasteiger partial charge >= 0.3 is 5.97 Å². The monoisotopic (exact) mass is 328 g/mol. The molecule has 1 aromatic heterocycles. The van der Waals surface area contributed by atoms with Crippen LogP contribution in [0.15, 0.2) is 24.4 Å². The molecule has 24 heavy (non-hydrogen) atoms. The molecule has 0 bridgehead atoms. The number of para-hydroxylation sites is 1. The highest BCUT2D eigenvalue weighted by molar-refractivity contribution is 5.90. The molecule has 1 aliphatic heterocycles. The standard InChI is InChI=1S/C19H24N2O3/c1-13-5-4-7-16-14(12-20-19(13)16)11-17(22)21-10-3-2-6-15(21)8-9-18(23)24/h4-5,7,12,15,20H,2-3,6,8-11H2,1H3,(H,23,24)/t15-/m1/s1. The molecule has 1 aliphatic rings. The number of hydrogen-bond donors (Lipinski definition) is 2. The Morgan fingerprint density at radius 3 is 2.96 bits per heavy atom. The smallest absolute Gasteiger partial charge is 0.303 e. The van der Waals surface area contributed by atoms with Gasteiger partial charge in [-0.15, -0.1) is 0 Å². The number of carbonyl (C=O) groups is 2. The molecule has 5 heteroatoms. The number of aliphatic carboxylic acids is 1. The number of fused-ring (bicyclic) bond motifs is 1. The van der Waals surface area contributed by atoms with Crippen LogP contribution in [0.1, 0.15) is 43.2 Å². The molecule has 0 saturated carbocycles. The van der Waals surface area contributed by atoms with Crippen molar-refractivity contribution in [3.05, 3.63) is 35.5 Å². The molecule has 3 rings (SSSR count). The molecule has 0 spiro atoms. The number of amides is 1. The van der Waals surface area contributed by atoms with Crippen molar-refractivity contribution in [2.45, 2.75) is 51.5 Å². The van der Waals surface area contributed by atoms with E-state index in [-0.39, 0.29) is 18.4 Å². The lowest BCUT2D eigenvalue weighted by Gasteiger charge is -2.35. The molecule has 1 fully saturated rings. The second kappa shape index (κ2) is 7.07. The number of rotatable bonds is 5. The van der Waals surface area contributed by atoms with Gasteiger partial charge in [-0.05, 0) is 43.7 Å². The van der Waals surface area contributed by atoms with Crippen molar-refractivity contribution < 1.29 is 14.7 Å². The van der Waals surface area contributed by atoms with Crippen molar-refractivity contribution >= 4 is 22.8 Å². The summed E-state index contributed by atoms with van der Waals surface area (Å²) in [5.74, 6) is -0.687. The summed E-state index contributed by atoms with van der Waals surface area (Å²) in [6, 6.07) is 6.17. The van der Waals surface area contributed by atoms with Crippen molar-refractivity contribution in [3.8, 4) is 0 Å². The van der Waals surface area contributed by atoms with E-state index in [4.69, 9.17) is 5.11 Å². The van der Waals surface area contributed by atoms with E-state index in [9.17, 15) is 9.59 Å². The van der Waals surface area contributed by atoms with E-state index in [0.29, 0.717) is 12.8 Å². The molecular weight excluding hydrogens is 304 g/mol. The summed E-state index contributed by atoms with van der Waals surface area (Å²) < 4.78 is 0. The number of benzene rings is 1. The summed E-state index contributed by atoms with van der Waals surface area (Å²) in [7, 11) is 0. The van der Waals surface area contributed by atoms with Gasteiger partial charge in [-0.2, -0.15) is 0 Å². The maximum atomic E-state index is 12.8. The van der Waals surface area contributed by atoms with Crippen LogP contribution in [0.5, 0.6) is 0 Å². The molecule has 1 atom stereocenters. The Morgan fingerprint density at radius 1 is 1.33 bits per heavy atom. The van der Waals surface area contributed by atoms with Gasteiger partial charge in [0.2, 0.25) is 5.91 Å². The molecule has 1 saturated heterocycles. The highest BCUT2D eigenvalue weighted by atomic mass is 16.4. The van der Waals surface area contributed by atoms with Crippen LogP contribution in [-0.4, -0.2) is 39.5 Å². The average molecular weight is 328 g/mol. The first-order valence-corrected chi connectivity index (χ1v) is 8.63. The van der Waals surface area contributed by atoms with Crippen LogP contribution in [0.2, 0.25) is 0 Å². The second-order valence-electron chi connectivity index (χ2n) is 6.66. The molecule has 0 aliphatic carbocycles. The average Bonchev–Trinajstić information content (AvgIpc) is 2.97. The lowest BCUT2D eigenvalue weighted by molar-refractivity contribution is -0.139. The van der Waals surface area contributed by atoms with Crippen LogP contribution in [0.4, 0.5) is 0 Å². The van der Waals surface area contributed by atoms with Crippen molar-refractivity contribution in [2.75, 3.05) is 6.54 Å². The fraction of sp³-hybridized carbons (Fsp3) is 0.474. The Hall–Kier alpha value is -2.30. The number of hydrogen-bond acceptors (Lipinski definition) is 2. The Balaban J connectivity index is 1.74. The first-order chi connectivity index (χ1) is 11.6. The van der Waals surface area contributed by atoms with E-state index in [1.54, 1.807) is 0 Å². The lowest BCUT2D eigenvalue weighted by atomic mass is 9.97. The fourth-order valence-corrected chi connectivity index (χ4v) is 3.69. The molecule has 2 N–H and O–H groups in total. The topological polar surface area (TPSA) is 73.4 Å². The molecule has 1 amide bonds. The van der Waals surface area contributed by atoms with E-state index in [1.165, 1.54) is 5.56 Å².